The Kier molecular flexibility index (Phi) is 4.59. The number of aryl methyl sites for hydroxylation is 2. The summed E-state index contributed by atoms with van der Waals surface area (Å²) in [6.45, 7) is 2.68. The molecule has 28 heavy (non-hydrogen) atoms. The molecule has 2 aliphatic rings. The molecule has 3 aromatic rings. The molecule has 0 unspecified atom stereocenters. The molecule has 0 aliphatic carbocycles. The lowest BCUT2D eigenvalue weighted by atomic mass is 9.99. The first-order valence-corrected chi connectivity index (χ1v) is 10.9. The molecule has 1 aromatic carbocycles. The van der Waals surface area contributed by atoms with Crippen LogP contribution in [-0.2, 0) is 19.3 Å². The van der Waals surface area contributed by atoms with Crippen LogP contribution in [0.2, 0.25) is 0 Å². The van der Waals surface area contributed by atoms with E-state index in [2.05, 4.69) is 15.5 Å². The van der Waals surface area contributed by atoms with Crippen LogP contribution in [0.3, 0.4) is 0 Å². The van der Waals surface area contributed by atoms with E-state index in [-0.39, 0.29) is 5.82 Å². The zero-order valence-corrected chi connectivity index (χ0v) is 16.7. The predicted molar refractivity (Wildman–Crippen MR) is 111 cm³/mol. The van der Waals surface area contributed by atoms with Crippen molar-refractivity contribution in [3.05, 3.63) is 64.8 Å². The van der Waals surface area contributed by atoms with Crippen molar-refractivity contribution in [3.63, 3.8) is 0 Å². The van der Waals surface area contributed by atoms with Crippen molar-refractivity contribution in [1.29, 1.82) is 0 Å². The summed E-state index contributed by atoms with van der Waals surface area (Å²) in [5.41, 5.74) is 6.45. The van der Waals surface area contributed by atoms with Gasteiger partial charge in [0.1, 0.15) is 23.7 Å². The number of imidazole rings is 1. The molecule has 0 radical (unpaired) electrons. The second-order valence-electron chi connectivity index (χ2n) is 7.29. The van der Waals surface area contributed by atoms with Crippen molar-refractivity contribution in [3.8, 4) is 5.75 Å². The predicted octanol–water partition coefficient (Wildman–Crippen LogP) is 4.42. The number of ether oxygens (including phenoxy) is 1. The molecule has 0 atom stereocenters. The lowest BCUT2D eigenvalue weighted by Gasteiger charge is -2.16. The molecule has 0 saturated heterocycles. The summed E-state index contributed by atoms with van der Waals surface area (Å²) in [5, 5.41) is 0. The van der Waals surface area contributed by atoms with Crippen molar-refractivity contribution < 1.29 is 9.13 Å². The molecule has 2 aliphatic heterocycles. The van der Waals surface area contributed by atoms with E-state index in [0.717, 1.165) is 58.3 Å². The topological polar surface area (TPSA) is 39.4 Å². The van der Waals surface area contributed by atoms with E-state index in [9.17, 15) is 4.39 Å². The SMILES string of the molecule is Cc1ncn2c(CCc3c(F)ccc4c3CCO4)ncc(C3=CCSCC3)c12. The highest BCUT2D eigenvalue weighted by Gasteiger charge is 2.21. The first kappa shape index (κ1) is 17.7. The van der Waals surface area contributed by atoms with Gasteiger partial charge in [-0.3, -0.25) is 4.40 Å². The molecular formula is C22H22FN3OS. The Morgan fingerprint density at radius 2 is 2.14 bits per heavy atom. The van der Waals surface area contributed by atoms with Gasteiger partial charge in [-0.25, -0.2) is 14.4 Å². The van der Waals surface area contributed by atoms with Crippen LogP contribution in [0.25, 0.3) is 11.1 Å². The number of aromatic nitrogens is 3. The van der Waals surface area contributed by atoms with E-state index in [1.54, 1.807) is 6.07 Å². The Morgan fingerprint density at radius 3 is 3.00 bits per heavy atom. The normalized spacial score (nSPS) is 16.1. The minimum atomic E-state index is -0.149. The summed E-state index contributed by atoms with van der Waals surface area (Å²) in [5.74, 6) is 3.79. The third-order valence-electron chi connectivity index (χ3n) is 5.67. The average Bonchev–Trinajstić information content (AvgIpc) is 3.35. The number of allylic oxidation sites excluding steroid dienone is 1. The molecule has 6 heteroatoms. The largest absolute Gasteiger partial charge is 0.493 e. The van der Waals surface area contributed by atoms with Crippen LogP contribution in [0, 0.1) is 12.7 Å². The number of hydrogen-bond donors (Lipinski definition) is 0. The van der Waals surface area contributed by atoms with Gasteiger partial charge in [0.2, 0.25) is 0 Å². The average molecular weight is 396 g/mol. The van der Waals surface area contributed by atoms with Crippen molar-refractivity contribution in [2.45, 2.75) is 32.6 Å². The monoisotopic (exact) mass is 395 g/mol. The zero-order chi connectivity index (χ0) is 19.1. The van der Waals surface area contributed by atoms with Gasteiger partial charge < -0.3 is 4.74 Å². The van der Waals surface area contributed by atoms with E-state index in [1.807, 2.05) is 31.2 Å². The number of rotatable bonds is 4. The minimum absolute atomic E-state index is 0.149. The van der Waals surface area contributed by atoms with E-state index < -0.39 is 0 Å². The van der Waals surface area contributed by atoms with Crippen molar-refractivity contribution in [2.75, 3.05) is 18.1 Å². The first-order valence-electron chi connectivity index (χ1n) is 9.74. The van der Waals surface area contributed by atoms with Crippen LogP contribution >= 0.6 is 11.8 Å². The lowest BCUT2D eigenvalue weighted by molar-refractivity contribution is 0.356. The van der Waals surface area contributed by atoms with Crippen molar-refractivity contribution in [1.82, 2.24) is 14.4 Å². The van der Waals surface area contributed by atoms with Gasteiger partial charge in [0.05, 0.1) is 17.8 Å². The van der Waals surface area contributed by atoms with E-state index >= 15 is 0 Å². The Hall–Kier alpha value is -2.34. The standard InChI is InChI=1S/C22H22FN3OS/c1-14-22-18(15-7-10-28-11-8-15)12-24-21(26(22)13-25-14)5-2-16-17-6-9-27-20(17)4-3-19(16)23/h3-4,7,12-13H,2,5-6,8-11H2,1H3. The lowest BCUT2D eigenvalue weighted by Crippen LogP contribution is -2.07. The third kappa shape index (κ3) is 3.00. The summed E-state index contributed by atoms with van der Waals surface area (Å²) in [4.78, 5) is 9.29. The number of benzene rings is 1. The molecule has 4 heterocycles. The molecule has 0 saturated carbocycles. The van der Waals surface area contributed by atoms with Gasteiger partial charge >= 0.3 is 0 Å². The summed E-state index contributed by atoms with van der Waals surface area (Å²) < 4.78 is 22.2. The fourth-order valence-electron chi connectivity index (χ4n) is 4.23. The maximum atomic E-state index is 14.5. The van der Waals surface area contributed by atoms with Gasteiger partial charge in [-0.2, -0.15) is 11.8 Å². The fourth-order valence-corrected chi connectivity index (χ4v) is 5.08. The number of nitrogens with zero attached hydrogens (tertiary/aromatic N) is 3. The van der Waals surface area contributed by atoms with Crippen LogP contribution in [-0.4, -0.2) is 32.5 Å². The molecule has 5 rings (SSSR count). The molecule has 144 valence electrons. The third-order valence-corrected chi connectivity index (χ3v) is 6.57. The molecule has 0 fully saturated rings. The molecular weight excluding hydrogens is 373 g/mol. The maximum absolute atomic E-state index is 14.5. The minimum Gasteiger partial charge on any atom is -0.493 e. The Morgan fingerprint density at radius 1 is 1.21 bits per heavy atom. The maximum Gasteiger partial charge on any atom is 0.126 e. The number of thioether (sulfide) groups is 1. The summed E-state index contributed by atoms with van der Waals surface area (Å²) in [7, 11) is 0. The van der Waals surface area contributed by atoms with E-state index in [1.165, 1.54) is 17.2 Å². The summed E-state index contributed by atoms with van der Waals surface area (Å²) >= 11 is 1.96. The van der Waals surface area contributed by atoms with Crippen molar-refractivity contribution in [2.24, 2.45) is 0 Å². The summed E-state index contributed by atoms with van der Waals surface area (Å²) in [6.07, 6.45) is 9.25. The first-order chi connectivity index (χ1) is 13.7. The summed E-state index contributed by atoms with van der Waals surface area (Å²) in [6, 6.07) is 3.25. The quantitative estimate of drug-likeness (QED) is 0.656. The molecule has 0 N–H and O–H groups in total. The Bertz CT molecular complexity index is 1090. The number of hydrogen-bond acceptors (Lipinski definition) is 4. The van der Waals surface area contributed by atoms with E-state index in [4.69, 9.17) is 9.72 Å². The van der Waals surface area contributed by atoms with Crippen molar-refractivity contribution >= 4 is 22.9 Å². The van der Waals surface area contributed by atoms with Crippen LogP contribution < -0.4 is 4.74 Å². The Labute approximate surface area is 167 Å². The highest BCUT2D eigenvalue weighted by molar-refractivity contribution is 7.99. The van der Waals surface area contributed by atoms with Gasteiger partial charge in [-0.15, -0.1) is 0 Å². The second kappa shape index (κ2) is 7.24. The molecule has 0 bridgehead atoms. The molecule has 0 spiro atoms. The van der Waals surface area contributed by atoms with Crippen LogP contribution in [0.5, 0.6) is 5.75 Å². The molecule has 0 amide bonds. The van der Waals surface area contributed by atoms with Gasteiger partial charge in [0.25, 0.3) is 0 Å². The van der Waals surface area contributed by atoms with Gasteiger partial charge in [-0.05, 0) is 48.8 Å². The fraction of sp³-hybridized carbons (Fsp3) is 0.364. The van der Waals surface area contributed by atoms with Crippen LogP contribution in [0.15, 0.2) is 30.7 Å². The van der Waals surface area contributed by atoms with Crippen LogP contribution in [0.1, 0.15) is 34.6 Å². The van der Waals surface area contributed by atoms with Gasteiger partial charge in [0, 0.05) is 35.9 Å². The van der Waals surface area contributed by atoms with E-state index in [0.29, 0.717) is 19.4 Å². The highest BCUT2D eigenvalue weighted by atomic mass is 32.2. The van der Waals surface area contributed by atoms with Crippen LogP contribution in [0.4, 0.5) is 4.39 Å². The second-order valence-corrected chi connectivity index (χ2v) is 8.44. The Balaban J connectivity index is 1.50. The molecule has 2 aromatic heterocycles. The van der Waals surface area contributed by atoms with Gasteiger partial charge in [-0.1, -0.05) is 6.08 Å². The number of halogens is 1. The zero-order valence-electron chi connectivity index (χ0n) is 15.9. The smallest absolute Gasteiger partial charge is 0.126 e. The highest BCUT2D eigenvalue weighted by Crippen LogP contribution is 2.32. The van der Waals surface area contributed by atoms with Gasteiger partial charge in [0.15, 0.2) is 0 Å². The molecule has 4 nitrogen and oxygen atoms in total. The number of fused-ring (bicyclic) bond motifs is 2.